The summed E-state index contributed by atoms with van der Waals surface area (Å²) in [5.41, 5.74) is 1.43. The maximum atomic E-state index is 13.3. The fraction of sp³-hybridized carbons (Fsp3) is 0. The molecule has 0 radical (unpaired) electrons. The molecule has 4 rings (SSSR count). The minimum atomic E-state index is -4.02. The topological polar surface area (TPSA) is 102 Å². The molecule has 0 unspecified atom stereocenters. The van der Waals surface area contributed by atoms with Gasteiger partial charge in [0, 0.05) is 10.6 Å². The number of sulfone groups is 1. The van der Waals surface area contributed by atoms with Gasteiger partial charge in [-0.15, -0.1) is 5.10 Å². The van der Waals surface area contributed by atoms with Crippen LogP contribution in [0.4, 0.5) is 0 Å². The van der Waals surface area contributed by atoms with Crippen LogP contribution in [0.25, 0.3) is 16.9 Å². The Morgan fingerprint density at radius 2 is 1.63 bits per heavy atom. The molecule has 4 aromatic rings. The smallest absolute Gasteiger partial charge is 0.335 e. The second kappa shape index (κ2) is 7.74. The van der Waals surface area contributed by atoms with Crippen molar-refractivity contribution in [3.8, 4) is 16.9 Å². The Bertz CT molecular complexity index is 1330. The van der Waals surface area contributed by atoms with E-state index in [0.29, 0.717) is 11.3 Å². The number of nitrogens with zero attached hydrogens (tertiary/aromatic N) is 3. The molecule has 0 fully saturated rings. The van der Waals surface area contributed by atoms with Crippen molar-refractivity contribution >= 4 is 27.4 Å². The zero-order valence-electron chi connectivity index (χ0n) is 15.3. The largest absolute Gasteiger partial charge is 0.478 e. The van der Waals surface area contributed by atoms with Gasteiger partial charge in [-0.25, -0.2) is 17.9 Å². The van der Waals surface area contributed by atoms with Crippen LogP contribution in [0.3, 0.4) is 0 Å². The number of aromatic carboxylic acids is 1. The number of aromatic nitrogens is 3. The molecule has 0 aliphatic heterocycles. The SMILES string of the molecule is O=C(O)c1ccc(-n2nnc(S(=O)(=O)c3cccc(Cl)c3)c2-c2ccccc2)cc1. The molecule has 0 aliphatic carbocycles. The lowest BCUT2D eigenvalue weighted by Crippen LogP contribution is -2.06. The van der Waals surface area contributed by atoms with E-state index in [1.54, 1.807) is 48.5 Å². The lowest BCUT2D eigenvalue weighted by atomic mass is 10.1. The summed E-state index contributed by atoms with van der Waals surface area (Å²) in [5.74, 6) is -1.06. The summed E-state index contributed by atoms with van der Waals surface area (Å²) >= 11 is 5.98. The second-order valence-corrected chi connectivity index (χ2v) is 8.64. The van der Waals surface area contributed by atoms with Gasteiger partial charge in [0.2, 0.25) is 14.9 Å². The quantitative estimate of drug-likeness (QED) is 0.501. The van der Waals surface area contributed by atoms with E-state index in [1.807, 2.05) is 6.07 Å². The average Bonchev–Trinajstić information content (AvgIpc) is 3.20. The van der Waals surface area contributed by atoms with Crippen molar-refractivity contribution in [2.45, 2.75) is 9.92 Å². The molecule has 9 heteroatoms. The first-order chi connectivity index (χ1) is 14.4. The van der Waals surface area contributed by atoms with Gasteiger partial charge < -0.3 is 5.11 Å². The number of benzene rings is 3. The third-order valence-electron chi connectivity index (χ3n) is 4.41. The molecule has 0 saturated carbocycles. The van der Waals surface area contributed by atoms with Crippen LogP contribution in [0.15, 0.2) is 88.8 Å². The van der Waals surface area contributed by atoms with Crippen molar-refractivity contribution in [2.75, 3.05) is 0 Å². The van der Waals surface area contributed by atoms with E-state index >= 15 is 0 Å². The molecule has 30 heavy (non-hydrogen) atoms. The summed E-state index contributed by atoms with van der Waals surface area (Å²) in [6.07, 6.45) is 0. The summed E-state index contributed by atoms with van der Waals surface area (Å²) in [5, 5.41) is 17.2. The van der Waals surface area contributed by atoms with Gasteiger partial charge in [-0.3, -0.25) is 0 Å². The van der Waals surface area contributed by atoms with Crippen molar-refractivity contribution in [1.29, 1.82) is 0 Å². The highest BCUT2D eigenvalue weighted by molar-refractivity contribution is 7.91. The number of carbonyl (C=O) groups is 1. The van der Waals surface area contributed by atoms with Crippen molar-refractivity contribution in [3.05, 3.63) is 89.4 Å². The Balaban J connectivity index is 1.94. The van der Waals surface area contributed by atoms with E-state index in [1.165, 1.54) is 28.9 Å². The Labute approximate surface area is 177 Å². The van der Waals surface area contributed by atoms with Crippen LogP contribution in [0.5, 0.6) is 0 Å². The summed E-state index contributed by atoms with van der Waals surface area (Å²) in [4.78, 5) is 11.1. The van der Waals surface area contributed by atoms with E-state index in [4.69, 9.17) is 16.7 Å². The first-order valence-electron chi connectivity index (χ1n) is 8.73. The van der Waals surface area contributed by atoms with Crippen LogP contribution < -0.4 is 0 Å². The van der Waals surface area contributed by atoms with Gasteiger partial charge in [0.15, 0.2) is 0 Å². The molecule has 0 aliphatic rings. The number of carboxylic acid groups (broad SMARTS) is 1. The molecule has 7 nitrogen and oxygen atoms in total. The fourth-order valence-corrected chi connectivity index (χ4v) is 4.58. The van der Waals surface area contributed by atoms with Crippen molar-refractivity contribution in [2.24, 2.45) is 0 Å². The number of hydrogen-bond donors (Lipinski definition) is 1. The monoisotopic (exact) mass is 439 g/mol. The maximum Gasteiger partial charge on any atom is 0.335 e. The molecule has 0 spiro atoms. The zero-order chi connectivity index (χ0) is 21.3. The van der Waals surface area contributed by atoms with Gasteiger partial charge in [0.05, 0.1) is 16.1 Å². The predicted molar refractivity (Wildman–Crippen MR) is 111 cm³/mol. The highest BCUT2D eigenvalue weighted by Gasteiger charge is 2.29. The van der Waals surface area contributed by atoms with Gasteiger partial charge in [-0.05, 0) is 42.5 Å². The van der Waals surface area contributed by atoms with E-state index in [0.717, 1.165) is 0 Å². The first-order valence-corrected chi connectivity index (χ1v) is 10.6. The third kappa shape index (κ3) is 3.58. The molecule has 3 aromatic carbocycles. The highest BCUT2D eigenvalue weighted by atomic mass is 35.5. The van der Waals surface area contributed by atoms with E-state index in [-0.39, 0.29) is 26.2 Å². The maximum absolute atomic E-state index is 13.3. The van der Waals surface area contributed by atoms with Gasteiger partial charge in [0.25, 0.3) is 0 Å². The first kappa shape index (κ1) is 19.8. The molecule has 0 atom stereocenters. The predicted octanol–water partition coefficient (Wildman–Crippen LogP) is 4.12. The Morgan fingerprint density at radius 1 is 0.933 bits per heavy atom. The minimum Gasteiger partial charge on any atom is -0.478 e. The number of carboxylic acids is 1. The van der Waals surface area contributed by atoms with Crippen molar-refractivity contribution < 1.29 is 18.3 Å². The summed E-state index contributed by atoms with van der Waals surface area (Å²) in [6.45, 7) is 0. The summed E-state index contributed by atoms with van der Waals surface area (Å²) in [6, 6.07) is 20.7. The standard InChI is InChI=1S/C21H14ClN3O4S/c22-16-7-4-8-18(13-16)30(28,29)20-19(14-5-2-1-3-6-14)25(24-23-20)17-11-9-15(10-12-17)21(26)27/h1-13H,(H,26,27). The Hall–Kier alpha value is -3.49. The fourth-order valence-electron chi connectivity index (χ4n) is 2.96. The minimum absolute atomic E-state index is 0.000422. The number of rotatable bonds is 5. The van der Waals surface area contributed by atoms with Crippen LogP contribution in [0.1, 0.15) is 10.4 Å². The molecule has 0 saturated heterocycles. The third-order valence-corrected chi connectivity index (χ3v) is 6.30. The van der Waals surface area contributed by atoms with Crippen LogP contribution in [0, 0.1) is 0 Å². The molecule has 150 valence electrons. The number of halogens is 1. The van der Waals surface area contributed by atoms with Gasteiger partial charge >= 0.3 is 5.97 Å². The van der Waals surface area contributed by atoms with Gasteiger partial charge in [-0.1, -0.05) is 53.2 Å². The molecule has 1 N–H and O–H groups in total. The van der Waals surface area contributed by atoms with E-state index < -0.39 is 15.8 Å². The number of hydrogen-bond acceptors (Lipinski definition) is 5. The molecule has 1 aromatic heterocycles. The molecule has 0 bridgehead atoms. The van der Waals surface area contributed by atoms with Gasteiger partial charge in [0.1, 0.15) is 5.69 Å². The Kier molecular flexibility index (Phi) is 5.11. The van der Waals surface area contributed by atoms with Gasteiger partial charge in [-0.2, -0.15) is 0 Å². The lowest BCUT2D eigenvalue weighted by Gasteiger charge is -2.09. The normalized spacial score (nSPS) is 11.4. The summed E-state index contributed by atoms with van der Waals surface area (Å²) in [7, 11) is -4.02. The highest BCUT2D eigenvalue weighted by Crippen LogP contribution is 2.32. The zero-order valence-corrected chi connectivity index (χ0v) is 16.9. The molecule has 1 heterocycles. The van der Waals surface area contributed by atoms with Crippen LogP contribution >= 0.6 is 11.6 Å². The van der Waals surface area contributed by atoms with Crippen molar-refractivity contribution in [1.82, 2.24) is 15.0 Å². The van der Waals surface area contributed by atoms with Crippen LogP contribution in [-0.4, -0.2) is 34.5 Å². The van der Waals surface area contributed by atoms with E-state index in [2.05, 4.69) is 10.3 Å². The van der Waals surface area contributed by atoms with Crippen LogP contribution in [0.2, 0.25) is 5.02 Å². The van der Waals surface area contributed by atoms with E-state index in [9.17, 15) is 13.2 Å². The van der Waals surface area contributed by atoms with Crippen LogP contribution in [-0.2, 0) is 9.84 Å². The Morgan fingerprint density at radius 3 is 2.27 bits per heavy atom. The summed E-state index contributed by atoms with van der Waals surface area (Å²) < 4.78 is 28.0. The molecular weight excluding hydrogens is 426 g/mol. The van der Waals surface area contributed by atoms with Crippen molar-refractivity contribution in [3.63, 3.8) is 0 Å². The second-order valence-electron chi connectivity index (χ2n) is 6.33. The molecular formula is C21H14ClN3O4S. The average molecular weight is 440 g/mol. The lowest BCUT2D eigenvalue weighted by molar-refractivity contribution is 0.0697. The molecule has 0 amide bonds.